The Morgan fingerprint density at radius 3 is 2.24 bits per heavy atom. The molecule has 1 unspecified atom stereocenters. The number of rotatable bonds is 7. The predicted molar refractivity (Wildman–Crippen MR) is 67.6 cm³/mol. The van der Waals surface area contributed by atoms with Crippen LogP contribution in [0.15, 0.2) is 18.2 Å². The summed E-state index contributed by atoms with van der Waals surface area (Å²) in [6, 6.07) is 5.79. The summed E-state index contributed by atoms with van der Waals surface area (Å²) < 4.78 is 10.4. The molecule has 0 aliphatic rings. The highest BCUT2D eigenvalue weighted by Crippen LogP contribution is 2.22. The maximum atomic E-state index is 9.13. The van der Waals surface area contributed by atoms with Crippen LogP contribution in [0.1, 0.15) is 18.9 Å². The maximum absolute atomic E-state index is 9.13. The molecule has 1 rings (SSSR count). The number of ether oxygens (including phenoxy) is 2. The predicted octanol–water partition coefficient (Wildman–Crippen LogP) is 1.56. The van der Waals surface area contributed by atoms with Crippen LogP contribution < -0.4 is 14.8 Å². The third kappa shape index (κ3) is 5.06. The number of benzene rings is 1. The van der Waals surface area contributed by atoms with Crippen molar-refractivity contribution in [3.05, 3.63) is 23.8 Å². The van der Waals surface area contributed by atoms with E-state index >= 15 is 0 Å². The fraction of sp³-hybridized carbons (Fsp3) is 0.538. The standard InChI is InChI=1S/C13H21NO3/c1-10(15)4-5-14-9-11-6-12(16-2)8-13(7-11)17-3/h6-8,10,14-15H,4-5,9H2,1-3H3. The lowest BCUT2D eigenvalue weighted by Gasteiger charge is -2.10. The van der Waals surface area contributed by atoms with Crippen molar-refractivity contribution in [2.45, 2.75) is 26.0 Å². The van der Waals surface area contributed by atoms with Crippen LogP contribution in [-0.2, 0) is 6.54 Å². The molecule has 17 heavy (non-hydrogen) atoms. The van der Waals surface area contributed by atoms with Gasteiger partial charge in [-0.25, -0.2) is 0 Å². The Morgan fingerprint density at radius 2 is 1.76 bits per heavy atom. The smallest absolute Gasteiger partial charge is 0.122 e. The largest absolute Gasteiger partial charge is 0.497 e. The minimum absolute atomic E-state index is 0.262. The zero-order valence-electron chi connectivity index (χ0n) is 10.7. The van der Waals surface area contributed by atoms with Crippen molar-refractivity contribution in [2.24, 2.45) is 0 Å². The van der Waals surface area contributed by atoms with E-state index in [1.807, 2.05) is 18.2 Å². The summed E-state index contributed by atoms with van der Waals surface area (Å²) >= 11 is 0. The third-order valence-corrected chi connectivity index (χ3v) is 2.48. The lowest BCUT2D eigenvalue weighted by Crippen LogP contribution is -2.18. The molecule has 0 spiro atoms. The average molecular weight is 239 g/mol. The van der Waals surface area contributed by atoms with Crippen molar-refractivity contribution in [1.82, 2.24) is 5.32 Å². The molecule has 0 aromatic heterocycles. The van der Waals surface area contributed by atoms with Gasteiger partial charge in [-0.15, -0.1) is 0 Å². The second-order valence-corrected chi connectivity index (χ2v) is 4.04. The molecule has 0 saturated carbocycles. The highest BCUT2D eigenvalue weighted by atomic mass is 16.5. The number of hydrogen-bond donors (Lipinski definition) is 2. The normalized spacial score (nSPS) is 12.2. The van der Waals surface area contributed by atoms with Gasteiger partial charge in [-0.3, -0.25) is 0 Å². The van der Waals surface area contributed by atoms with E-state index in [-0.39, 0.29) is 6.10 Å². The molecule has 4 heteroatoms. The topological polar surface area (TPSA) is 50.7 Å². The van der Waals surface area contributed by atoms with Gasteiger partial charge in [0.2, 0.25) is 0 Å². The van der Waals surface area contributed by atoms with Crippen LogP contribution in [0.4, 0.5) is 0 Å². The summed E-state index contributed by atoms with van der Waals surface area (Å²) in [6.45, 7) is 3.31. The van der Waals surface area contributed by atoms with Gasteiger partial charge in [-0.05, 0) is 37.6 Å². The number of aliphatic hydroxyl groups is 1. The number of methoxy groups -OCH3 is 2. The minimum atomic E-state index is -0.262. The maximum Gasteiger partial charge on any atom is 0.122 e. The highest BCUT2D eigenvalue weighted by Gasteiger charge is 2.02. The van der Waals surface area contributed by atoms with Crippen molar-refractivity contribution < 1.29 is 14.6 Å². The van der Waals surface area contributed by atoms with E-state index in [4.69, 9.17) is 14.6 Å². The summed E-state index contributed by atoms with van der Waals surface area (Å²) in [5.41, 5.74) is 1.10. The Balaban J connectivity index is 2.51. The van der Waals surface area contributed by atoms with E-state index in [2.05, 4.69) is 5.32 Å². The lowest BCUT2D eigenvalue weighted by atomic mass is 10.2. The average Bonchev–Trinajstić information content (AvgIpc) is 2.34. The second kappa shape index (κ2) is 7.14. The Labute approximate surface area is 103 Å². The zero-order chi connectivity index (χ0) is 12.7. The van der Waals surface area contributed by atoms with Gasteiger partial charge < -0.3 is 19.9 Å². The molecule has 0 saturated heterocycles. The second-order valence-electron chi connectivity index (χ2n) is 4.04. The summed E-state index contributed by atoms with van der Waals surface area (Å²) in [6.07, 6.45) is 0.489. The molecule has 1 aromatic carbocycles. The van der Waals surface area contributed by atoms with Crippen molar-refractivity contribution in [1.29, 1.82) is 0 Å². The highest BCUT2D eigenvalue weighted by molar-refractivity contribution is 5.38. The third-order valence-electron chi connectivity index (χ3n) is 2.48. The van der Waals surface area contributed by atoms with E-state index in [1.54, 1.807) is 21.1 Å². The first-order chi connectivity index (χ1) is 8.15. The van der Waals surface area contributed by atoms with Crippen LogP contribution in [0.3, 0.4) is 0 Å². The molecular weight excluding hydrogens is 218 g/mol. The summed E-state index contributed by atoms with van der Waals surface area (Å²) in [5, 5.41) is 12.4. The van der Waals surface area contributed by atoms with Crippen molar-refractivity contribution >= 4 is 0 Å². The van der Waals surface area contributed by atoms with Crippen molar-refractivity contribution in [3.63, 3.8) is 0 Å². The summed E-state index contributed by atoms with van der Waals surface area (Å²) in [7, 11) is 3.28. The van der Waals surface area contributed by atoms with E-state index in [1.165, 1.54) is 0 Å². The molecule has 0 radical (unpaired) electrons. The molecule has 0 aliphatic heterocycles. The van der Waals surface area contributed by atoms with Crippen LogP contribution in [-0.4, -0.2) is 32.0 Å². The molecular formula is C13H21NO3. The fourth-order valence-corrected chi connectivity index (χ4v) is 1.51. The first-order valence-corrected chi connectivity index (χ1v) is 5.76. The minimum Gasteiger partial charge on any atom is -0.497 e. The Morgan fingerprint density at radius 1 is 1.18 bits per heavy atom. The van der Waals surface area contributed by atoms with Crippen LogP contribution >= 0.6 is 0 Å². The molecule has 1 aromatic rings. The first-order valence-electron chi connectivity index (χ1n) is 5.76. The zero-order valence-corrected chi connectivity index (χ0v) is 10.7. The van der Waals surface area contributed by atoms with Gasteiger partial charge in [0.25, 0.3) is 0 Å². The molecule has 0 aliphatic carbocycles. The Kier molecular flexibility index (Phi) is 5.80. The molecule has 0 fully saturated rings. The molecule has 0 bridgehead atoms. The Hall–Kier alpha value is -1.26. The fourth-order valence-electron chi connectivity index (χ4n) is 1.51. The van der Waals surface area contributed by atoms with Gasteiger partial charge in [0.05, 0.1) is 20.3 Å². The SMILES string of the molecule is COc1cc(CNCCC(C)O)cc(OC)c1. The Bertz CT molecular complexity index is 317. The quantitative estimate of drug-likeness (QED) is 0.709. The molecule has 1 atom stereocenters. The van der Waals surface area contributed by atoms with Crippen LogP contribution in [0.2, 0.25) is 0 Å². The lowest BCUT2D eigenvalue weighted by molar-refractivity contribution is 0.183. The number of nitrogens with one attached hydrogen (secondary N) is 1. The van der Waals surface area contributed by atoms with Gasteiger partial charge >= 0.3 is 0 Å². The first kappa shape index (κ1) is 13.8. The summed E-state index contributed by atoms with van der Waals surface area (Å²) in [5.74, 6) is 1.58. The van der Waals surface area contributed by atoms with E-state index < -0.39 is 0 Å². The number of aliphatic hydroxyl groups excluding tert-OH is 1. The van der Waals surface area contributed by atoms with E-state index in [9.17, 15) is 0 Å². The van der Waals surface area contributed by atoms with Gasteiger partial charge in [0, 0.05) is 12.6 Å². The van der Waals surface area contributed by atoms with Gasteiger partial charge in [0.15, 0.2) is 0 Å². The van der Waals surface area contributed by atoms with E-state index in [0.29, 0.717) is 0 Å². The van der Waals surface area contributed by atoms with Gasteiger partial charge in [-0.1, -0.05) is 0 Å². The van der Waals surface area contributed by atoms with Crippen LogP contribution in [0, 0.1) is 0 Å². The molecule has 0 heterocycles. The van der Waals surface area contributed by atoms with Crippen molar-refractivity contribution in [2.75, 3.05) is 20.8 Å². The summed E-state index contributed by atoms with van der Waals surface area (Å²) in [4.78, 5) is 0. The van der Waals surface area contributed by atoms with E-state index in [0.717, 1.165) is 36.6 Å². The van der Waals surface area contributed by atoms with Crippen LogP contribution in [0.25, 0.3) is 0 Å². The molecule has 96 valence electrons. The van der Waals surface area contributed by atoms with Gasteiger partial charge in [0.1, 0.15) is 11.5 Å². The molecule has 0 amide bonds. The van der Waals surface area contributed by atoms with Crippen molar-refractivity contribution in [3.8, 4) is 11.5 Å². The van der Waals surface area contributed by atoms with Gasteiger partial charge in [-0.2, -0.15) is 0 Å². The molecule has 4 nitrogen and oxygen atoms in total. The molecule has 2 N–H and O–H groups in total. The monoisotopic (exact) mass is 239 g/mol. The number of hydrogen-bond acceptors (Lipinski definition) is 4. The van der Waals surface area contributed by atoms with Crippen LogP contribution in [0.5, 0.6) is 11.5 Å².